The van der Waals surface area contributed by atoms with Crippen LogP contribution >= 0.6 is 22.9 Å². The fourth-order valence-electron chi connectivity index (χ4n) is 1.94. The Morgan fingerprint density at radius 3 is 2.78 bits per heavy atom. The molecule has 0 saturated carbocycles. The molecule has 0 aliphatic carbocycles. The van der Waals surface area contributed by atoms with Crippen molar-refractivity contribution in [3.8, 4) is 10.6 Å². The van der Waals surface area contributed by atoms with Gasteiger partial charge in [-0.25, -0.2) is 10.5 Å². The van der Waals surface area contributed by atoms with E-state index in [9.17, 15) is 4.79 Å². The van der Waals surface area contributed by atoms with E-state index >= 15 is 0 Å². The second kappa shape index (κ2) is 7.37. The van der Waals surface area contributed by atoms with Crippen LogP contribution in [0, 0.1) is 0 Å². The Morgan fingerprint density at radius 1 is 1.17 bits per heavy atom. The summed E-state index contributed by atoms with van der Waals surface area (Å²) in [5, 5.41) is 3.06. The van der Waals surface area contributed by atoms with E-state index in [1.54, 1.807) is 11.4 Å². The third-order valence-corrected chi connectivity index (χ3v) is 4.18. The summed E-state index contributed by atoms with van der Waals surface area (Å²) in [5.41, 5.74) is 4.58. The van der Waals surface area contributed by atoms with Gasteiger partial charge in [-0.3, -0.25) is 9.63 Å². The van der Waals surface area contributed by atoms with E-state index in [0.717, 1.165) is 16.1 Å². The Labute approximate surface area is 142 Å². The molecule has 6 heteroatoms. The Morgan fingerprint density at radius 2 is 2.00 bits per heavy atom. The highest BCUT2D eigenvalue weighted by molar-refractivity contribution is 7.13. The van der Waals surface area contributed by atoms with Gasteiger partial charge in [0.2, 0.25) is 0 Å². The van der Waals surface area contributed by atoms with Crippen LogP contribution in [0.3, 0.4) is 0 Å². The molecule has 0 unspecified atom stereocenters. The van der Waals surface area contributed by atoms with Gasteiger partial charge < -0.3 is 0 Å². The van der Waals surface area contributed by atoms with Crippen LogP contribution in [-0.4, -0.2) is 10.9 Å². The van der Waals surface area contributed by atoms with E-state index in [1.807, 2.05) is 48.5 Å². The molecule has 4 nitrogen and oxygen atoms in total. The number of nitrogens with zero attached hydrogens (tertiary/aromatic N) is 1. The first-order valence-electron chi connectivity index (χ1n) is 6.90. The van der Waals surface area contributed by atoms with Gasteiger partial charge >= 0.3 is 0 Å². The van der Waals surface area contributed by atoms with Crippen LogP contribution in [-0.2, 0) is 11.4 Å². The summed E-state index contributed by atoms with van der Waals surface area (Å²) in [4.78, 5) is 21.6. The lowest BCUT2D eigenvalue weighted by atomic mass is 10.2. The fraction of sp³-hybridized carbons (Fsp3) is 0.0588. The van der Waals surface area contributed by atoms with E-state index in [1.165, 1.54) is 11.3 Å². The molecule has 0 fully saturated rings. The summed E-state index contributed by atoms with van der Waals surface area (Å²) in [6.07, 6.45) is 0. The van der Waals surface area contributed by atoms with Crippen LogP contribution in [0.25, 0.3) is 10.6 Å². The fourth-order valence-corrected chi connectivity index (χ4v) is 2.93. The van der Waals surface area contributed by atoms with Gasteiger partial charge in [-0.2, -0.15) is 0 Å². The van der Waals surface area contributed by atoms with Crippen LogP contribution in [0.2, 0.25) is 5.02 Å². The summed E-state index contributed by atoms with van der Waals surface area (Å²) >= 11 is 7.35. The van der Waals surface area contributed by atoms with Crippen LogP contribution in [0.15, 0.2) is 60.0 Å². The average Bonchev–Trinajstić information content (AvgIpc) is 3.06. The van der Waals surface area contributed by atoms with Crippen LogP contribution in [0.4, 0.5) is 0 Å². The van der Waals surface area contributed by atoms with Gasteiger partial charge in [-0.15, -0.1) is 11.3 Å². The maximum Gasteiger partial charge on any atom is 0.294 e. The van der Waals surface area contributed by atoms with Crippen molar-refractivity contribution in [2.45, 2.75) is 6.61 Å². The number of thiazole rings is 1. The zero-order valence-electron chi connectivity index (χ0n) is 12.0. The first kappa shape index (κ1) is 15.7. The molecule has 0 radical (unpaired) electrons. The van der Waals surface area contributed by atoms with E-state index < -0.39 is 0 Å². The molecule has 0 saturated heterocycles. The lowest BCUT2D eigenvalue weighted by molar-refractivity contribution is 0.0230. The van der Waals surface area contributed by atoms with Gasteiger partial charge in [0, 0.05) is 16.0 Å². The van der Waals surface area contributed by atoms with Crippen LogP contribution in [0.5, 0.6) is 0 Å². The highest BCUT2D eigenvalue weighted by Gasteiger charge is 2.12. The molecule has 1 heterocycles. The molecule has 3 rings (SSSR count). The normalized spacial score (nSPS) is 10.5. The summed E-state index contributed by atoms with van der Waals surface area (Å²) in [7, 11) is 0. The Balaban J connectivity index is 1.60. The zero-order valence-corrected chi connectivity index (χ0v) is 13.6. The van der Waals surface area contributed by atoms with Crippen molar-refractivity contribution in [3.63, 3.8) is 0 Å². The van der Waals surface area contributed by atoms with Gasteiger partial charge in [-0.05, 0) is 17.7 Å². The molecular weight excluding hydrogens is 332 g/mol. The molecular formula is C17H13ClN2O2S. The van der Waals surface area contributed by atoms with Crippen LogP contribution in [0.1, 0.15) is 16.1 Å². The smallest absolute Gasteiger partial charge is 0.269 e. The number of carbonyl (C=O) groups is 1. The second-order valence-corrected chi connectivity index (χ2v) is 6.05. The minimum atomic E-state index is -0.370. The molecule has 1 N–H and O–H groups in total. The number of amides is 1. The maximum absolute atomic E-state index is 12.0. The van der Waals surface area contributed by atoms with E-state index in [0.29, 0.717) is 17.3 Å². The SMILES string of the molecule is O=C(NOCc1ccccc1)c1csc(-c2cccc(Cl)c2)n1. The predicted octanol–water partition coefficient (Wildman–Crippen LogP) is 4.33. The summed E-state index contributed by atoms with van der Waals surface area (Å²) < 4.78 is 0. The quantitative estimate of drug-likeness (QED) is 0.701. The number of benzene rings is 2. The lowest BCUT2D eigenvalue weighted by Crippen LogP contribution is -2.23. The van der Waals surface area contributed by atoms with E-state index in [-0.39, 0.29) is 5.91 Å². The van der Waals surface area contributed by atoms with Gasteiger partial charge in [0.05, 0.1) is 6.61 Å². The molecule has 0 spiro atoms. The van der Waals surface area contributed by atoms with Crippen LogP contribution < -0.4 is 5.48 Å². The van der Waals surface area contributed by atoms with Gasteiger partial charge in [-0.1, -0.05) is 54.1 Å². The van der Waals surface area contributed by atoms with Gasteiger partial charge in [0.15, 0.2) is 0 Å². The molecule has 1 aromatic heterocycles. The standard InChI is InChI=1S/C17H13ClN2O2S/c18-14-8-4-7-13(9-14)17-19-15(11-23-17)16(21)20-22-10-12-5-2-1-3-6-12/h1-9,11H,10H2,(H,20,21). The second-order valence-electron chi connectivity index (χ2n) is 4.75. The van der Waals surface area contributed by atoms with Gasteiger partial charge in [0.1, 0.15) is 10.7 Å². The summed E-state index contributed by atoms with van der Waals surface area (Å²) in [6.45, 7) is 0.303. The topological polar surface area (TPSA) is 51.2 Å². The van der Waals surface area contributed by atoms with Crippen molar-refractivity contribution in [3.05, 3.63) is 76.3 Å². The minimum Gasteiger partial charge on any atom is -0.269 e. The first-order valence-corrected chi connectivity index (χ1v) is 8.15. The maximum atomic E-state index is 12.0. The van der Waals surface area contributed by atoms with E-state index in [4.69, 9.17) is 16.4 Å². The Kier molecular flexibility index (Phi) is 5.02. The van der Waals surface area contributed by atoms with Gasteiger partial charge in [0.25, 0.3) is 5.91 Å². The predicted molar refractivity (Wildman–Crippen MR) is 91.3 cm³/mol. The number of rotatable bonds is 5. The highest BCUT2D eigenvalue weighted by Crippen LogP contribution is 2.25. The minimum absolute atomic E-state index is 0.303. The summed E-state index contributed by atoms with van der Waals surface area (Å²) in [5.74, 6) is -0.370. The van der Waals surface area contributed by atoms with E-state index in [2.05, 4.69) is 10.5 Å². The number of aromatic nitrogens is 1. The molecule has 0 aliphatic rings. The third-order valence-electron chi connectivity index (χ3n) is 3.05. The monoisotopic (exact) mass is 344 g/mol. The Hall–Kier alpha value is -2.21. The number of nitrogens with one attached hydrogen (secondary N) is 1. The number of hydrogen-bond acceptors (Lipinski definition) is 4. The zero-order chi connectivity index (χ0) is 16.1. The van der Waals surface area contributed by atoms with Crippen molar-refractivity contribution in [2.24, 2.45) is 0 Å². The highest BCUT2D eigenvalue weighted by atomic mass is 35.5. The molecule has 0 aliphatic heterocycles. The summed E-state index contributed by atoms with van der Waals surface area (Å²) in [6, 6.07) is 17.0. The van der Waals surface area contributed by atoms with Crippen molar-refractivity contribution in [1.29, 1.82) is 0 Å². The molecule has 0 atom stereocenters. The van der Waals surface area contributed by atoms with Crippen molar-refractivity contribution < 1.29 is 9.63 Å². The molecule has 0 bridgehead atoms. The number of hydroxylamine groups is 1. The Bertz CT molecular complexity index is 805. The third kappa shape index (κ3) is 4.16. The number of carbonyl (C=O) groups excluding carboxylic acids is 1. The van der Waals surface area contributed by atoms with Crippen molar-refractivity contribution in [1.82, 2.24) is 10.5 Å². The number of hydrogen-bond donors (Lipinski definition) is 1. The molecule has 1 amide bonds. The van der Waals surface area contributed by atoms with Crippen molar-refractivity contribution in [2.75, 3.05) is 0 Å². The largest absolute Gasteiger partial charge is 0.294 e. The molecule has 2 aromatic carbocycles. The molecule has 116 valence electrons. The first-order chi connectivity index (χ1) is 11.2. The number of halogens is 1. The molecule has 3 aromatic rings. The lowest BCUT2D eigenvalue weighted by Gasteiger charge is -2.04. The average molecular weight is 345 g/mol. The van der Waals surface area contributed by atoms with Crippen molar-refractivity contribution >= 4 is 28.8 Å². The molecule has 23 heavy (non-hydrogen) atoms.